The Kier molecular flexibility index (Phi) is 9.59. The van der Waals surface area contributed by atoms with Crippen molar-refractivity contribution in [3.8, 4) is 10.4 Å². The Balaban J connectivity index is 1.88. The number of halogens is 1. The Morgan fingerprint density at radius 2 is 1.69 bits per heavy atom. The van der Waals surface area contributed by atoms with Gasteiger partial charge in [0.1, 0.15) is 16.1 Å². The number of carbonyl (C=O) groups is 1. The number of nitrogens with one attached hydrogen (secondary N) is 2. The molecule has 1 aliphatic heterocycles. The predicted molar refractivity (Wildman–Crippen MR) is 145 cm³/mol. The lowest BCUT2D eigenvalue weighted by molar-refractivity contribution is -0.150. The molecule has 1 atom stereocenters. The first kappa shape index (κ1) is 31.5. The first-order chi connectivity index (χ1) is 17.9. The maximum atomic E-state index is 13.7. The number of hydrogen-bond donors (Lipinski definition) is 2. The van der Waals surface area contributed by atoms with Crippen LogP contribution in [0.25, 0.3) is 10.4 Å². The van der Waals surface area contributed by atoms with Crippen molar-refractivity contribution in [3.05, 3.63) is 42.2 Å². The summed E-state index contributed by atoms with van der Waals surface area (Å²) in [6, 6.07) is 7.01. The molecule has 0 aliphatic carbocycles. The Morgan fingerprint density at radius 1 is 1.05 bits per heavy atom. The first-order valence-electron chi connectivity index (χ1n) is 11.7. The van der Waals surface area contributed by atoms with E-state index in [4.69, 9.17) is 4.84 Å². The molecule has 17 heteroatoms. The largest absolute Gasteiger partial charge is 0.271 e. The molecule has 2 N–H and O–H groups in total. The van der Waals surface area contributed by atoms with Gasteiger partial charge in [-0.1, -0.05) is 12.1 Å². The van der Waals surface area contributed by atoms with Crippen LogP contribution in [0.5, 0.6) is 0 Å². The third-order valence-electron chi connectivity index (χ3n) is 5.45. The molecule has 0 saturated carbocycles. The van der Waals surface area contributed by atoms with Crippen molar-refractivity contribution in [1.29, 1.82) is 0 Å². The summed E-state index contributed by atoms with van der Waals surface area (Å²) in [5.74, 6) is -1.88. The normalized spacial score (nSPS) is 18.2. The van der Waals surface area contributed by atoms with Crippen LogP contribution in [0, 0.1) is 5.82 Å². The highest BCUT2D eigenvalue weighted by atomic mass is 32.2. The summed E-state index contributed by atoms with van der Waals surface area (Å²) in [6.45, 7) is 3.52. The molecule has 3 rings (SSSR count). The van der Waals surface area contributed by atoms with Gasteiger partial charge < -0.3 is 0 Å². The lowest BCUT2D eigenvalue weighted by Crippen LogP contribution is -2.62. The van der Waals surface area contributed by atoms with Crippen LogP contribution in [0.3, 0.4) is 0 Å². The molecule has 0 radical (unpaired) electrons. The summed E-state index contributed by atoms with van der Waals surface area (Å²) in [5.41, 5.74) is 2.02. The molecule has 39 heavy (non-hydrogen) atoms. The highest BCUT2D eigenvalue weighted by molar-refractivity contribution is 7.91. The van der Waals surface area contributed by atoms with Crippen molar-refractivity contribution >= 4 is 47.3 Å². The summed E-state index contributed by atoms with van der Waals surface area (Å²) in [5, 5.41) is 0. The molecule has 2 aromatic rings. The van der Waals surface area contributed by atoms with Gasteiger partial charge in [-0.3, -0.25) is 9.63 Å². The number of piperazine rings is 1. The SMILES string of the molecule is CC(C)(C)ONC(=O)C1CN(S(=O)(=O)CCNS(C)(=O)=O)CCN1S(=O)(=O)c1ccc(-c2ccc(F)cc2)s1. The van der Waals surface area contributed by atoms with E-state index in [0.717, 1.165) is 26.2 Å². The summed E-state index contributed by atoms with van der Waals surface area (Å²) in [4.78, 5) is 19.0. The van der Waals surface area contributed by atoms with E-state index in [0.29, 0.717) is 10.4 Å². The molecule has 2 heterocycles. The molecule has 1 amide bonds. The van der Waals surface area contributed by atoms with E-state index in [1.165, 1.54) is 30.3 Å². The van der Waals surface area contributed by atoms with E-state index in [1.54, 1.807) is 26.8 Å². The molecule has 1 aromatic carbocycles. The first-order valence-corrected chi connectivity index (χ1v) is 17.4. The Bertz CT molecular complexity index is 1500. The van der Waals surface area contributed by atoms with Gasteiger partial charge in [0.2, 0.25) is 20.0 Å². The highest BCUT2D eigenvalue weighted by Gasteiger charge is 2.44. The van der Waals surface area contributed by atoms with Crippen LogP contribution >= 0.6 is 11.3 Å². The number of carbonyl (C=O) groups excluding carboxylic acids is 1. The standard InChI is InChI=1S/C22H31FN4O8S4/c1-22(2,3)35-25-21(28)18-15-26(38(31,32)14-11-24-37(4,29)30)12-13-27(18)39(33,34)20-10-9-19(36-20)16-5-7-17(23)8-6-16/h5-10,18,24H,11-15H2,1-4H3,(H,25,28). The fraction of sp³-hybridized carbons (Fsp3) is 0.500. The summed E-state index contributed by atoms with van der Waals surface area (Å²) < 4.78 is 92.9. The minimum absolute atomic E-state index is 0.0787. The van der Waals surface area contributed by atoms with Crippen LogP contribution in [-0.2, 0) is 39.7 Å². The minimum atomic E-state index is -4.26. The molecule has 0 spiro atoms. The van der Waals surface area contributed by atoms with Crippen molar-refractivity contribution in [3.63, 3.8) is 0 Å². The minimum Gasteiger partial charge on any atom is -0.271 e. The van der Waals surface area contributed by atoms with Gasteiger partial charge in [0, 0.05) is 31.1 Å². The maximum absolute atomic E-state index is 13.7. The van der Waals surface area contributed by atoms with Crippen LogP contribution in [0.1, 0.15) is 20.8 Å². The molecule has 12 nitrogen and oxygen atoms in total. The van der Waals surface area contributed by atoms with Gasteiger partial charge in [-0.15, -0.1) is 11.3 Å². The van der Waals surface area contributed by atoms with Crippen LogP contribution in [-0.4, -0.2) is 89.6 Å². The van der Waals surface area contributed by atoms with Crippen LogP contribution in [0.4, 0.5) is 4.39 Å². The monoisotopic (exact) mass is 626 g/mol. The molecule has 1 unspecified atom stereocenters. The van der Waals surface area contributed by atoms with E-state index >= 15 is 0 Å². The molecule has 1 fully saturated rings. The summed E-state index contributed by atoms with van der Waals surface area (Å²) >= 11 is 0.931. The average Bonchev–Trinajstić information content (AvgIpc) is 3.32. The fourth-order valence-corrected chi connectivity index (χ4v) is 8.56. The number of hydroxylamine groups is 1. The van der Waals surface area contributed by atoms with Crippen LogP contribution < -0.4 is 10.2 Å². The van der Waals surface area contributed by atoms with Gasteiger partial charge in [0.05, 0.1) is 17.6 Å². The Morgan fingerprint density at radius 3 is 2.28 bits per heavy atom. The highest BCUT2D eigenvalue weighted by Crippen LogP contribution is 2.34. The van der Waals surface area contributed by atoms with Crippen LogP contribution in [0.15, 0.2) is 40.6 Å². The number of nitrogens with zero attached hydrogens (tertiary/aromatic N) is 2. The number of rotatable bonds is 10. The van der Waals surface area contributed by atoms with Gasteiger partial charge in [0.25, 0.3) is 15.9 Å². The van der Waals surface area contributed by atoms with Crippen LogP contribution in [0.2, 0.25) is 0 Å². The van der Waals surface area contributed by atoms with Gasteiger partial charge >= 0.3 is 0 Å². The molecule has 0 bridgehead atoms. The lowest BCUT2D eigenvalue weighted by atomic mass is 10.2. The van der Waals surface area contributed by atoms with Crippen molar-refractivity contribution in [2.45, 2.75) is 36.6 Å². The molecule has 1 saturated heterocycles. The number of sulfonamides is 3. The zero-order valence-corrected chi connectivity index (χ0v) is 25.0. The quantitative estimate of drug-likeness (QED) is 0.369. The second-order valence-corrected chi connectivity index (χ2v) is 16.9. The maximum Gasteiger partial charge on any atom is 0.263 e. The number of benzene rings is 1. The fourth-order valence-electron chi connectivity index (χ4n) is 3.60. The molecular weight excluding hydrogens is 596 g/mol. The molecule has 1 aromatic heterocycles. The zero-order valence-electron chi connectivity index (χ0n) is 21.7. The number of amides is 1. The second-order valence-electron chi connectivity index (χ2n) is 9.78. The van der Waals surface area contributed by atoms with Gasteiger partial charge in [-0.2, -0.15) is 8.61 Å². The molecule has 218 valence electrons. The van der Waals surface area contributed by atoms with Crippen molar-refractivity contribution < 1.29 is 39.3 Å². The molecular formula is C22H31FN4O8S4. The van der Waals surface area contributed by atoms with Crippen molar-refractivity contribution in [2.75, 3.05) is 38.2 Å². The number of thiophene rings is 1. The van der Waals surface area contributed by atoms with E-state index in [9.17, 15) is 34.4 Å². The second kappa shape index (κ2) is 11.9. The van der Waals surface area contributed by atoms with Gasteiger partial charge in [-0.25, -0.2) is 39.8 Å². The average molecular weight is 627 g/mol. The van der Waals surface area contributed by atoms with E-state index in [1.807, 2.05) is 0 Å². The lowest BCUT2D eigenvalue weighted by Gasteiger charge is -2.38. The van der Waals surface area contributed by atoms with E-state index in [-0.39, 0.29) is 23.8 Å². The Hall–Kier alpha value is -1.99. The smallest absolute Gasteiger partial charge is 0.263 e. The third-order valence-corrected chi connectivity index (χ3v) is 11.5. The third kappa shape index (κ3) is 8.50. The van der Waals surface area contributed by atoms with E-state index < -0.39 is 65.7 Å². The van der Waals surface area contributed by atoms with Crippen molar-refractivity contribution in [2.24, 2.45) is 0 Å². The molecule has 1 aliphatic rings. The van der Waals surface area contributed by atoms with Gasteiger partial charge in [-0.05, 0) is 50.6 Å². The Labute approximate surface area is 232 Å². The van der Waals surface area contributed by atoms with E-state index in [2.05, 4.69) is 10.2 Å². The zero-order chi connectivity index (χ0) is 29.2. The predicted octanol–water partition coefficient (Wildman–Crippen LogP) is 0.954. The van der Waals surface area contributed by atoms with Gasteiger partial charge in [0.15, 0.2) is 0 Å². The summed E-state index contributed by atoms with van der Waals surface area (Å²) in [6.07, 6.45) is 0.894. The van der Waals surface area contributed by atoms with Crippen molar-refractivity contribution in [1.82, 2.24) is 18.8 Å². The number of hydrogen-bond acceptors (Lipinski definition) is 9. The summed E-state index contributed by atoms with van der Waals surface area (Å²) in [7, 11) is -11.9. The topological polar surface area (TPSA) is 159 Å².